The number of benzene rings is 1. The Balaban J connectivity index is 2.31. The first-order valence-electron chi connectivity index (χ1n) is 7.48. The molecule has 0 saturated carbocycles. The van der Waals surface area contributed by atoms with Crippen molar-refractivity contribution in [2.45, 2.75) is 57.8 Å². The summed E-state index contributed by atoms with van der Waals surface area (Å²) in [6.07, 6.45) is 7.69. The van der Waals surface area contributed by atoms with Gasteiger partial charge in [0.05, 0.1) is 12.5 Å². The molecule has 0 aliphatic rings. The van der Waals surface area contributed by atoms with Crippen LogP contribution in [0.15, 0.2) is 30.3 Å². The number of Topliss-reactive ketones (excluding diaryl/α,β-unsaturated/α-hetero) is 1. The molecule has 1 N–H and O–H groups in total. The lowest BCUT2D eigenvalue weighted by atomic mass is 9.92. The number of rotatable bonds is 10. The fourth-order valence-corrected chi connectivity index (χ4v) is 2.33. The molecule has 0 aromatic heterocycles. The van der Waals surface area contributed by atoms with Crippen LogP contribution in [0.3, 0.4) is 0 Å². The molecule has 106 valence electrons. The maximum absolute atomic E-state index is 12.1. The highest BCUT2D eigenvalue weighted by molar-refractivity contribution is 5.85. The van der Waals surface area contributed by atoms with Crippen LogP contribution in [0.1, 0.15) is 63.4 Å². The standard InChI is InChI=1S/C17H26O2/c1-2-3-4-5-6-10-13-17(19)16(14-18)15-11-8-7-9-12-15/h7-9,11-12,16,18H,2-6,10,13-14H2,1H3. The van der Waals surface area contributed by atoms with Gasteiger partial charge in [0.1, 0.15) is 5.78 Å². The van der Waals surface area contributed by atoms with Gasteiger partial charge in [-0.2, -0.15) is 0 Å². The zero-order valence-electron chi connectivity index (χ0n) is 12.0. The van der Waals surface area contributed by atoms with E-state index < -0.39 is 0 Å². The van der Waals surface area contributed by atoms with Gasteiger partial charge in [-0.3, -0.25) is 4.79 Å². The van der Waals surface area contributed by atoms with E-state index in [1.807, 2.05) is 30.3 Å². The molecule has 1 atom stereocenters. The minimum Gasteiger partial charge on any atom is -0.395 e. The van der Waals surface area contributed by atoms with Crippen LogP contribution in [0.2, 0.25) is 0 Å². The number of ketones is 1. The fourth-order valence-electron chi connectivity index (χ4n) is 2.33. The largest absolute Gasteiger partial charge is 0.395 e. The molecule has 0 fully saturated rings. The van der Waals surface area contributed by atoms with Crippen molar-refractivity contribution >= 4 is 5.78 Å². The Morgan fingerprint density at radius 2 is 1.68 bits per heavy atom. The molecular weight excluding hydrogens is 236 g/mol. The van der Waals surface area contributed by atoms with Crippen molar-refractivity contribution in [1.82, 2.24) is 0 Å². The van der Waals surface area contributed by atoms with Crippen molar-refractivity contribution in [3.63, 3.8) is 0 Å². The Hall–Kier alpha value is -1.15. The van der Waals surface area contributed by atoms with Gasteiger partial charge in [-0.05, 0) is 12.0 Å². The smallest absolute Gasteiger partial charge is 0.142 e. The van der Waals surface area contributed by atoms with Gasteiger partial charge in [0.15, 0.2) is 0 Å². The van der Waals surface area contributed by atoms with Gasteiger partial charge in [-0.25, -0.2) is 0 Å². The summed E-state index contributed by atoms with van der Waals surface area (Å²) >= 11 is 0. The molecule has 0 spiro atoms. The van der Waals surface area contributed by atoms with Crippen LogP contribution in [0.5, 0.6) is 0 Å². The van der Waals surface area contributed by atoms with E-state index in [1.54, 1.807) is 0 Å². The van der Waals surface area contributed by atoms with Crippen molar-refractivity contribution in [3.8, 4) is 0 Å². The average Bonchev–Trinajstić information content (AvgIpc) is 2.45. The highest BCUT2D eigenvalue weighted by Gasteiger charge is 2.18. The summed E-state index contributed by atoms with van der Waals surface area (Å²) in [5, 5.41) is 9.40. The Bertz CT molecular complexity index is 346. The summed E-state index contributed by atoms with van der Waals surface area (Å²) in [5.74, 6) is -0.166. The maximum atomic E-state index is 12.1. The second kappa shape index (κ2) is 9.74. The molecule has 2 heteroatoms. The molecule has 1 rings (SSSR count). The lowest BCUT2D eigenvalue weighted by molar-refractivity contribution is -0.121. The molecule has 1 unspecified atom stereocenters. The van der Waals surface area contributed by atoms with E-state index in [-0.39, 0.29) is 18.3 Å². The SMILES string of the molecule is CCCCCCCCC(=O)C(CO)c1ccccc1. The van der Waals surface area contributed by atoms with Crippen molar-refractivity contribution in [1.29, 1.82) is 0 Å². The Kier molecular flexibility index (Phi) is 8.15. The third-order valence-corrected chi connectivity index (χ3v) is 3.55. The van der Waals surface area contributed by atoms with Crippen LogP contribution in [-0.2, 0) is 4.79 Å². The van der Waals surface area contributed by atoms with E-state index >= 15 is 0 Å². The van der Waals surface area contributed by atoms with Gasteiger partial charge >= 0.3 is 0 Å². The molecule has 0 saturated heterocycles. The molecule has 1 aromatic rings. The highest BCUT2D eigenvalue weighted by atomic mass is 16.3. The molecule has 0 radical (unpaired) electrons. The van der Waals surface area contributed by atoms with E-state index in [4.69, 9.17) is 0 Å². The van der Waals surface area contributed by atoms with Crippen LogP contribution in [0, 0.1) is 0 Å². The molecule has 0 bridgehead atoms. The van der Waals surface area contributed by atoms with E-state index in [0.717, 1.165) is 18.4 Å². The van der Waals surface area contributed by atoms with Gasteiger partial charge < -0.3 is 5.11 Å². The Morgan fingerprint density at radius 1 is 1.05 bits per heavy atom. The predicted octanol–water partition coefficient (Wildman–Crippen LogP) is 4.08. The number of aliphatic hydroxyl groups is 1. The van der Waals surface area contributed by atoms with E-state index in [9.17, 15) is 9.90 Å². The number of aliphatic hydroxyl groups excluding tert-OH is 1. The van der Waals surface area contributed by atoms with Crippen LogP contribution >= 0.6 is 0 Å². The van der Waals surface area contributed by atoms with E-state index in [2.05, 4.69) is 6.92 Å². The van der Waals surface area contributed by atoms with Gasteiger partial charge in [-0.15, -0.1) is 0 Å². The topological polar surface area (TPSA) is 37.3 Å². The summed E-state index contributed by atoms with van der Waals surface area (Å²) in [7, 11) is 0. The highest BCUT2D eigenvalue weighted by Crippen LogP contribution is 2.19. The van der Waals surface area contributed by atoms with Crippen LogP contribution in [0.25, 0.3) is 0 Å². The molecule has 0 aliphatic heterocycles. The first kappa shape index (κ1) is 15.9. The number of unbranched alkanes of at least 4 members (excludes halogenated alkanes) is 5. The summed E-state index contributed by atoms with van der Waals surface area (Å²) in [6, 6.07) is 9.59. The van der Waals surface area contributed by atoms with Crippen LogP contribution in [-0.4, -0.2) is 17.5 Å². The first-order valence-corrected chi connectivity index (χ1v) is 7.48. The van der Waals surface area contributed by atoms with Gasteiger partial charge in [0, 0.05) is 6.42 Å². The molecular formula is C17H26O2. The van der Waals surface area contributed by atoms with Gasteiger partial charge in [-0.1, -0.05) is 69.4 Å². The Labute approximate surface area is 116 Å². The molecule has 19 heavy (non-hydrogen) atoms. The van der Waals surface area contributed by atoms with Crippen molar-refractivity contribution in [3.05, 3.63) is 35.9 Å². The lowest BCUT2D eigenvalue weighted by Crippen LogP contribution is -2.16. The average molecular weight is 262 g/mol. The number of hydrogen-bond donors (Lipinski definition) is 1. The summed E-state index contributed by atoms with van der Waals surface area (Å²) < 4.78 is 0. The second-order valence-corrected chi connectivity index (χ2v) is 5.13. The minimum absolute atomic E-state index is 0.0846. The van der Waals surface area contributed by atoms with Gasteiger partial charge in [0.25, 0.3) is 0 Å². The zero-order valence-corrected chi connectivity index (χ0v) is 12.0. The minimum atomic E-state index is -0.336. The molecule has 0 aliphatic carbocycles. The number of carbonyl (C=O) groups is 1. The van der Waals surface area contributed by atoms with E-state index in [1.165, 1.54) is 25.7 Å². The molecule has 2 nitrogen and oxygen atoms in total. The van der Waals surface area contributed by atoms with Gasteiger partial charge in [0.2, 0.25) is 0 Å². The zero-order chi connectivity index (χ0) is 13.9. The Morgan fingerprint density at radius 3 is 2.32 bits per heavy atom. The van der Waals surface area contributed by atoms with Crippen LogP contribution < -0.4 is 0 Å². The van der Waals surface area contributed by atoms with E-state index in [0.29, 0.717) is 6.42 Å². The third-order valence-electron chi connectivity index (χ3n) is 3.55. The molecule has 0 heterocycles. The summed E-state index contributed by atoms with van der Waals surface area (Å²) in [4.78, 5) is 12.1. The van der Waals surface area contributed by atoms with Crippen LogP contribution in [0.4, 0.5) is 0 Å². The normalized spacial score (nSPS) is 12.3. The fraction of sp³-hybridized carbons (Fsp3) is 0.588. The second-order valence-electron chi connectivity index (χ2n) is 5.13. The predicted molar refractivity (Wildman–Crippen MR) is 79.3 cm³/mol. The maximum Gasteiger partial charge on any atom is 0.142 e. The summed E-state index contributed by atoms with van der Waals surface area (Å²) in [5.41, 5.74) is 0.931. The number of hydrogen-bond acceptors (Lipinski definition) is 2. The molecule has 1 aromatic carbocycles. The summed E-state index contributed by atoms with van der Waals surface area (Å²) in [6.45, 7) is 2.12. The van der Waals surface area contributed by atoms with Crippen molar-refractivity contribution in [2.24, 2.45) is 0 Å². The van der Waals surface area contributed by atoms with Crippen molar-refractivity contribution < 1.29 is 9.90 Å². The lowest BCUT2D eigenvalue weighted by Gasteiger charge is -2.13. The molecule has 0 amide bonds. The monoisotopic (exact) mass is 262 g/mol. The third kappa shape index (κ3) is 6.02. The number of carbonyl (C=O) groups excluding carboxylic acids is 1. The quantitative estimate of drug-likeness (QED) is 0.645. The first-order chi connectivity index (χ1) is 9.29. The van der Waals surface area contributed by atoms with Crippen molar-refractivity contribution in [2.75, 3.05) is 6.61 Å².